The molecule has 0 amide bonds. The van der Waals surface area contributed by atoms with Crippen LogP contribution in [0.1, 0.15) is 35.6 Å². The number of aryl methyl sites for hydroxylation is 3. The second kappa shape index (κ2) is 5.84. The van der Waals surface area contributed by atoms with E-state index in [0.717, 1.165) is 34.5 Å². The van der Waals surface area contributed by atoms with Crippen LogP contribution in [0.25, 0.3) is 0 Å². The molecule has 2 aromatic heterocycles. The van der Waals surface area contributed by atoms with Gasteiger partial charge < -0.3 is 5.73 Å². The van der Waals surface area contributed by atoms with Crippen LogP contribution in [-0.4, -0.2) is 14.8 Å². The van der Waals surface area contributed by atoms with E-state index in [4.69, 9.17) is 5.73 Å². The zero-order valence-corrected chi connectivity index (χ0v) is 13.1. The number of aromatic nitrogens is 3. The molecule has 2 rings (SSSR count). The minimum absolute atomic E-state index is 0.113. The van der Waals surface area contributed by atoms with E-state index in [9.17, 15) is 0 Å². The first-order chi connectivity index (χ1) is 9.02. The first-order valence-corrected chi connectivity index (χ1v) is 7.22. The molecule has 19 heavy (non-hydrogen) atoms. The molecule has 0 aliphatic carbocycles. The van der Waals surface area contributed by atoms with Crippen molar-refractivity contribution in [2.45, 2.75) is 39.8 Å². The lowest BCUT2D eigenvalue weighted by Crippen LogP contribution is -2.17. The van der Waals surface area contributed by atoms with E-state index < -0.39 is 0 Å². The molecule has 102 valence electrons. The SMILES string of the molecule is CCn1nc(C)c(Br)c1CC(N)c1cc(C)ccn1. The van der Waals surface area contributed by atoms with E-state index in [1.165, 1.54) is 5.56 Å². The Morgan fingerprint density at radius 3 is 2.79 bits per heavy atom. The molecule has 0 saturated carbocycles. The molecular weight excluding hydrogens is 304 g/mol. The molecule has 5 heteroatoms. The monoisotopic (exact) mass is 322 g/mol. The summed E-state index contributed by atoms with van der Waals surface area (Å²) in [5, 5.41) is 4.49. The third kappa shape index (κ3) is 3.04. The fourth-order valence-corrected chi connectivity index (χ4v) is 2.59. The van der Waals surface area contributed by atoms with E-state index in [1.807, 2.05) is 36.9 Å². The molecule has 2 heterocycles. The van der Waals surface area contributed by atoms with Crippen molar-refractivity contribution in [2.75, 3.05) is 0 Å². The van der Waals surface area contributed by atoms with Gasteiger partial charge >= 0.3 is 0 Å². The number of rotatable bonds is 4. The summed E-state index contributed by atoms with van der Waals surface area (Å²) in [6.45, 7) is 6.97. The van der Waals surface area contributed by atoms with Gasteiger partial charge in [-0.15, -0.1) is 0 Å². The second-order valence-electron chi connectivity index (χ2n) is 4.73. The lowest BCUT2D eigenvalue weighted by atomic mass is 10.1. The summed E-state index contributed by atoms with van der Waals surface area (Å²) in [6, 6.07) is 3.91. The van der Waals surface area contributed by atoms with Crippen LogP contribution < -0.4 is 5.73 Å². The summed E-state index contributed by atoms with van der Waals surface area (Å²) in [6.07, 6.45) is 2.54. The van der Waals surface area contributed by atoms with Gasteiger partial charge in [-0.1, -0.05) is 0 Å². The molecule has 1 unspecified atom stereocenters. The van der Waals surface area contributed by atoms with Gasteiger partial charge in [-0.3, -0.25) is 9.67 Å². The highest BCUT2D eigenvalue weighted by Gasteiger charge is 2.17. The van der Waals surface area contributed by atoms with Gasteiger partial charge in [-0.05, 0) is 54.4 Å². The predicted molar refractivity (Wildman–Crippen MR) is 79.9 cm³/mol. The van der Waals surface area contributed by atoms with Crippen molar-refractivity contribution in [2.24, 2.45) is 5.73 Å². The molecule has 2 N–H and O–H groups in total. The van der Waals surface area contributed by atoms with Crippen molar-refractivity contribution >= 4 is 15.9 Å². The molecular formula is C14H19BrN4. The smallest absolute Gasteiger partial charge is 0.0738 e. The number of nitrogens with zero attached hydrogens (tertiary/aromatic N) is 3. The van der Waals surface area contributed by atoms with Gasteiger partial charge in [0.2, 0.25) is 0 Å². The molecule has 0 aliphatic rings. The lowest BCUT2D eigenvalue weighted by Gasteiger charge is -2.13. The fourth-order valence-electron chi connectivity index (χ4n) is 2.14. The average molecular weight is 323 g/mol. The Morgan fingerprint density at radius 1 is 1.42 bits per heavy atom. The fraction of sp³-hybridized carbons (Fsp3) is 0.429. The Hall–Kier alpha value is -1.20. The molecule has 0 saturated heterocycles. The predicted octanol–water partition coefficient (Wildman–Crippen LogP) is 2.92. The van der Waals surface area contributed by atoms with Crippen LogP contribution in [0.15, 0.2) is 22.8 Å². The molecule has 0 spiro atoms. The standard InChI is InChI=1S/C14H19BrN4/c1-4-19-13(14(15)10(3)18-19)8-11(16)12-7-9(2)5-6-17-12/h5-7,11H,4,8,16H2,1-3H3. The highest BCUT2D eigenvalue weighted by Crippen LogP contribution is 2.25. The van der Waals surface area contributed by atoms with E-state index >= 15 is 0 Å². The quantitative estimate of drug-likeness (QED) is 0.941. The molecule has 0 fully saturated rings. The van der Waals surface area contributed by atoms with Gasteiger partial charge in [-0.25, -0.2) is 0 Å². The minimum atomic E-state index is -0.113. The normalized spacial score (nSPS) is 12.7. The Morgan fingerprint density at radius 2 is 2.16 bits per heavy atom. The van der Waals surface area contributed by atoms with Gasteiger partial charge in [0.15, 0.2) is 0 Å². The summed E-state index contributed by atoms with van der Waals surface area (Å²) in [5.74, 6) is 0. The molecule has 4 nitrogen and oxygen atoms in total. The Bertz CT molecular complexity index is 577. The van der Waals surface area contributed by atoms with Crippen LogP contribution in [-0.2, 0) is 13.0 Å². The molecule has 2 aromatic rings. The zero-order chi connectivity index (χ0) is 14.0. The van der Waals surface area contributed by atoms with Crippen molar-refractivity contribution in [3.63, 3.8) is 0 Å². The van der Waals surface area contributed by atoms with Crippen molar-refractivity contribution in [3.05, 3.63) is 45.4 Å². The Balaban J connectivity index is 2.26. The lowest BCUT2D eigenvalue weighted by molar-refractivity contribution is 0.581. The first-order valence-electron chi connectivity index (χ1n) is 6.42. The number of pyridine rings is 1. The summed E-state index contributed by atoms with van der Waals surface area (Å²) < 4.78 is 3.05. The summed E-state index contributed by atoms with van der Waals surface area (Å²) >= 11 is 3.60. The summed E-state index contributed by atoms with van der Waals surface area (Å²) in [5.41, 5.74) is 10.5. The second-order valence-corrected chi connectivity index (χ2v) is 5.52. The molecule has 0 radical (unpaired) electrons. The highest BCUT2D eigenvalue weighted by atomic mass is 79.9. The van der Waals surface area contributed by atoms with Gasteiger partial charge in [0.25, 0.3) is 0 Å². The number of hydrogen-bond donors (Lipinski definition) is 1. The Kier molecular flexibility index (Phi) is 4.37. The van der Waals surface area contributed by atoms with Gasteiger partial charge in [0.05, 0.1) is 27.6 Å². The van der Waals surface area contributed by atoms with E-state index in [-0.39, 0.29) is 6.04 Å². The van der Waals surface area contributed by atoms with Crippen LogP contribution in [0.3, 0.4) is 0 Å². The van der Waals surface area contributed by atoms with Crippen LogP contribution in [0.2, 0.25) is 0 Å². The summed E-state index contributed by atoms with van der Waals surface area (Å²) in [7, 11) is 0. The third-order valence-corrected chi connectivity index (χ3v) is 4.21. The number of nitrogens with two attached hydrogens (primary N) is 1. The maximum Gasteiger partial charge on any atom is 0.0738 e. The van der Waals surface area contributed by atoms with E-state index in [2.05, 4.69) is 32.9 Å². The molecule has 0 bridgehead atoms. The average Bonchev–Trinajstić information content (AvgIpc) is 2.66. The number of hydrogen-bond acceptors (Lipinski definition) is 3. The van der Waals surface area contributed by atoms with E-state index in [0.29, 0.717) is 0 Å². The maximum atomic E-state index is 6.27. The first kappa shape index (κ1) is 14.2. The van der Waals surface area contributed by atoms with Crippen LogP contribution >= 0.6 is 15.9 Å². The zero-order valence-electron chi connectivity index (χ0n) is 11.5. The van der Waals surface area contributed by atoms with Gasteiger partial charge in [-0.2, -0.15) is 5.10 Å². The van der Waals surface area contributed by atoms with Crippen molar-refractivity contribution in [3.8, 4) is 0 Å². The van der Waals surface area contributed by atoms with Crippen molar-refractivity contribution in [1.82, 2.24) is 14.8 Å². The van der Waals surface area contributed by atoms with Crippen molar-refractivity contribution in [1.29, 1.82) is 0 Å². The van der Waals surface area contributed by atoms with Crippen LogP contribution in [0.4, 0.5) is 0 Å². The molecule has 1 atom stereocenters. The number of halogens is 1. The van der Waals surface area contributed by atoms with Gasteiger partial charge in [0, 0.05) is 19.2 Å². The highest BCUT2D eigenvalue weighted by molar-refractivity contribution is 9.10. The van der Waals surface area contributed by atoms with Gasteiger partial charge in [0.1, 0.15) is 0 Å². The minimum Gasteiger partial charge on any atom is -0.322 e. The summed E-state index contributed by atoms with van der Waals surface area (Å²) in [4.78, 5) is 4.36. The van der Waals surface area contributed by atoms with Crippen LogP contribution in [0, 0.1) is 13.8 Å². The Labute approximate surface area is 122 Å². The topological polar surface area (TPSA) is 56.7 Å². The third-order valence-electron chi connectivity index (χ3n) is 3.18. The van der Waals surface area contributed by atoms with Crippen LogP contribution in [0.5, 0.6) is 0 Å². The van der Waals surface area contributed by atoms with E-state index in [1.54, 1.807) is 0 Å². The maximum absolute atomic E-state index is 6.27. The largest absolute Gasteiger partial charge is 0.322 e. The molecule has 0 aliphatic heterocycles. The molecule has 0 aromatic carbocycles. The van der Waals surface area contributed by atoms with Crippen molar-refractivity contribution < 1.29 is 0 Å².